The van der Waals surface area contributed by atoms with Gasteiger partial charge in [0.15, 0.2) is 0 Å². The monoisotopic (exact) mass is 152 g/mol. The summed E-state index contributed by atoms with van der Waals surface area (Å²) in [6.45, 7) is 0. The van der Waals surface area contributed by atoms with Crippen molar-refractivity contribution in [2.24, 2.45) is 23.7 Å². The van der Waals surface area contributed by atoms with Gasteiger partial charge in [0.25, 0.3) is 0 Å². The smallest absolute Gasteiger partial charge is 0.0573 e. The second-order valence-corrected chi connectivity index (χ2v) is 4.80. The highest BCUT2D eigenvalue weighted by atomic mass is 16.3. The Labute approximate surface area is 67.8 Å². The van der Waals surface area contributed by atoms with Crippen LogP contribution in [0.4, 0.5) is 0 Å². The van der Waals surface area contributed by atoms with Gasteiger partial charge in [-0.1, -0.05) is 0 Å². The van der Waals surface area contributed by atoms with Gasteiger partial charge in [-0.3, -0.25) is 0 Å². The van der Waals surface area contributed by atoms with E-state index in [1.807, 2.05) is 0 Å². The Bertz CT molecular complexity index is 176. The quantitative estimate of drug-likeness (QED) is 0.561. The van der Waals surface area contributed by atoms with Gasteiger partial charge in [-0.25, -0.2) is 0 Å². The van der Waals surface area contributed by atoms with E-state index in [0.29, 0.717) is 5.92 Å². The second-order valence-electron chi connectivity index (χ2n) is 4.80. The van der Waals surface area contributed by atoms with Gasteiger partial charge in [0, 0.05) is 0 Å². The minimum atomic E-state index is 0.0752. The first-order valence-corrected chi connectivity index (χ1v) is 5.02. The molecule has 3 fully saturated rings. The third-order valence-electron chi connectivity index (χ3n) is 4.40. The summed E-state index contributed by atoms with van der Waals surface area (Å²) in [6, 6.07) is 0. The van der Waals surface area contributed by atoms with Crippen molar-refractivity contribution in [3.05, 3.63) is 0 Å². The molecule has 1 nitrogen and oxygen atoms in total. The molecular weight excluding hydrogens is 136 g/mol. The van der Waals surface area contributed by atoms with Crippen molar-refractivity contribution in [3.8, 4) is 0 Å². The molecule has 0 saturated heterocycles. The van der Waals surface area contributed by atoms with E-state index in [-0.39, 0.29) is 6.10 Å². The van der Waals surface area contributed by atoms with Crippen molar-refractivity contribution >= 4 is 0 Å². The predicted octanol–water partition coefficient (Wildman–Crippen LogP) is 1.80. The van der Waals surface area contributed by atoms with Gasteiger partial charge in [0.05, 0.1) is 6.10 Å². The van der Waals surface area contributed by atoms with Crippen molar-refractivity contribution in [2.75, 3.05) is 0 Å². The number of hydrogen-bond acceptors (Lipinski definition) is 1. The molecule has 1 N–H and O–H groups in total. The molecule has 0 aromatic carbocycles. The molecule has 3 rings (SSSR count). The van der Waals surface area contributed by atoms with E-state index in [2.05, 4.69) is 0 Å². The van der Waals surface area contributed by atoms with Crippen LogP contribution < -0.4 is 0 Å². The molecule has 1 heteroatoms. The molecule has 0 spiro atoms. The zero-order valence-electron chi connectivity index (χ0n) is 6.87. The molecule has 62 valence electrons. The number of aliphatic hydroxyl groups excluding tert-OH is 1. The molecule has 0 aromatic rings. The van der Waals surface area contributed by atoms with Crippen LogP contribution in [0.2, 0.25) is 0 Å². The first-order chi connectivity index (χ1) is 5.34. The average Bonchev–Trinajstić information content (AvgIpc) is 2.22. The third kappa shape index (κ3) is 0.752. The third-order valence-corrected chi connectivity index (χ3v) is 4.40. The number of rotatable bonds is 0. The maximum Gasteiger partial charge on any atom is 0.0573 e. The molecule has 3 aliphatic rings. The lowest BCUT2D eigenvalue weighted by Crippen LogP contribution is -2.28. The Morgan fingerprint density at radius 1 is 0.818 bits per heavy atom. The van der Waals surface area contributed by atoms with Gasteiger partial charge in [0.2, 0.25) is 0 Å². The van der Waals surface area contributed by atoms with Crippen LogP contribution in [0.3, 0.4) is 0 Å². The largest absolute Gasteiger partial charge is 0.393 e. The van der Waals surface area contributed by atoms with Gasteiger partial charge >= 0.3 is 0 Å². The fourth-order valence-corrected chi connectivity index (χ4v) is 3.85. The van der Waals surface area contributed by atoms with E-state index in [1.165, 1.54) is 25.7 Å². The molecule has 5 atom stereocenters. The van der Waals surface area contributed by atoms with Gasteiger partial charge in [-0.15, -0.1) is 0 Å². The molecule has 11 heavy (non-hydrogen) atoms. The fraction of sp³-hybridized carbons (Fsp3) is 1.00. The summed E-state index contributed by atoms with van der Waals surface area (Å²) < 4.78 is 0. The molecule has 3 aliphatic carbocycles. The minimum Gasteiger partial charge on any atom is -0.393 e. The highest BCUT2D eigenvalue weighted by Crippen LogP contribution is 2.55. The highest BCUT2D eigenvalue weighted by Gasteiger charge is 2.49. The molecular formula is C10H16O. The second kappa shape index (κ2) is 2.01. The Morgan fingerprint density at radius 2 is 1.64 bits per heavy atom. The van der Waals surface area contributed by atoms with Crippen molar-refractivity contribution in [1.82, 2.24) is 0 Å². The minimum absolute atomic E-state index is 0.0752. The highest BCUT2D eigenvalue weighted by molar-refractivity contribution is 4.99. The van der Waals surface area contributed by atoms with E-state index in [4.69, 9.17) is 0 Å². The van der Waals surface area contributed by atoms with Gasteiger partial charge in [-0.05, 0) is 55.8 Å². The summed E-state index contributed by atoms with van der Waals surface area (Å²) in [7, 11) is 0. The van der Waals surface area contributed by atoms with Crippen LogP contribution in [0.15, 0.2) is 0 Å². The van der Waals surface area contributed by atoms with Crippen LogP contribution in [0.1, 0.15) is 32.1 Å². The van der Waals surface area contributed by atoms with E-state index >= 15 is 0 Å². The number of fused-ring (bicyclic) bond motifs is 3. The Kier molecular flexibility index (Phi) is 1.18. The summed E-state index contributed by atoms with van der Waals surface area (Å²) >= 11 is 0. The maximum atomic E-state index is 9.78. The van der Waals surface area contributed by atoms with Crippen molar-refractivity contribution < 1.29 is 5.11 Å². The first kappa shape index (κ1) is 6.47. The zero-order valence-corrected chi connectivity index (χ0v) is 6.87. The Hall–Kier alpha value is -0.0400. The van der Waals surface area contributed by atoms with Gasteiger partial charge in [0.1, 0.15) is 0 Å². The Balaban J connectivity index is 1.97. The van der Waals surface area contributed by atoms with Crippen molar-refractivity contribution in [3.63, 3.8) is 0 Å². The maximum absolute atomic E-state index is 9.78. The van der Waals surface area contributed by atoms with Gasteiger partial charge in [-0.2, -0.15) is 0 Å². The number of aliphatic hydroxyl groups is 1. The van der Waals surface area contributed by atoms with E-state index in [0.717, 1.165) is 24.2 Å². The predicted molar refractivity (Wildman–Crippen MR) is 43.1 cm³/mol. The summed E-state index contributed by atoms with van der Waals surface area (Å²) in [5.41, 5.74) is 0. The molecule has 3 saturated carbocycles. The lowest BCUT2D eigenvalue weighted by atomic mass is 9.77. The molecule has 0 aliphatic heterocycles. The van der Waals surface area contributed by atoms with E-state index in [1.54, 1.807) is 0 Å². The molecule has 0 aromatic heterocycles. The van der Waals surface area contributed by atoms with E-state index < -0.39 is 0 Å². The molecule has 3 bridgehead atoms. The first-order valence-electron chi connectivity index (χ1n) is 5.02. The van der Waals surface area contributed by atoms with Crippen molar-refractivity contribution in [2.45, 2.75) is 38.2 Å². The lowest BCUT2D eigenvalue weighted by Gasteiger charge is -2.30. The van der Waals surface area contributed by atoms with Crippen LogP contribution in [0.5, 0.6) is 0 Å². The normalized spacial score (nSPS) is 60.3. The summed E-state index contributed by atoms with van der Waals surface area (Å²) in [5, 5.41) is 9.78. The average molecular weight is 152 g/mol. The summed E-state index contributed by atoms with van der Waals surface area (Å²) in [4.78, 5) is 0. The van der Waals surface area contributed by atoms with E-state index in [9.17, 15) is 5.11 Å². The SMILES string of the molecule is OC1CC2CCC3CC2CC13. The number of hydrogen-bond donors (Lipinski definition) is 1. The van der Waals surface area contributed by atoms with Crippen LogP contribution in [-0.2, 0) is 0 Å². The molecule has 0 radical (unpaired) electrons. The molecule has 0 amide bonds. The van der Waals surface area contributed by atoms with Crippen molar-refractivity contribution in [1.29, 1.82) is 0 Å². The standard InChI is InChI=1S/C10H16O/c11-10-5-6-1-2-7-3-8(6)4-9(7)10/h6-11H,1-5H2. The van der Waals surface area contributed by atoms with Gasteiger partial charge < -0.3 is 5.11 Å². The van der Waals surface area contributed by atoms with Crippen LogP contribution in [0.25, 0.3) is 0 Å². The molecule has 0 heterocycles. The zero-order chi connectivity index (χ0) is 7.42. The summed E-state index contributed by atoms with van der Waals surface area (Å²) in [5.74, 6) is 3.54. The van der Waals surface area contributed by atoms with Crippen LogP contribution >= 0.6 is 0 Å². The Morgan fingerprint density at radius 3 is 2.55 bits per heavy atom. The lowest BCUT2D eigenvalue weighted by molar-refractivity contribution is 0.0510. The van der Waals surface area contributed by atoms with Crippen LogP contribution in [-0.4, -0.2) is 11.2 Å². The fourth-order valence-electron chi connectivity index (χ4n) is 3.85. The molecule has 5 unspecified atom stereocenters. The van der Waals surface area contributed by atoms with Crippen LogP contribution in [0, 0.1) is 23.7 Å². The summed E-state index contributed by atoms with van der Waals surface area (Å²) in [6.07, 6.45) is 6.85. The topological polar surface area (TPSA) is 20.2 Å².